The van der Waals surface area contributed by atoms with Crippen LogP contribution in [0.1, 0.15) is 15.9 Å². The highest BCUT2D eigenvalue weighted by molar-refractivity contribution is 7.92. The molecule has 0 fully saturated rings. The Kier molecular flexibility index (Phi) is 6.47. The largest absolute Gasteiger partial charge is 0.465 e. The van der Waals surface area contributed by atoms with Gasteiger partial charge in [0.05, 0.1) is 29.8 Å². The number of hydrogen-bond donors (Lipinski definition) is 1. The van der Waals surface area contributed by atoms with E-state index in [1.165, 1.54) is 49.7 Å². The number of esters is 1. The standard InChI is InChI=1S/C18H19N5O7S2/c1-22(31(25,26)17-5-3-16(4-6-17)30-32(19,27)28)15-8-13(10-23-12-20-11-21-23)7-14(9-15)18(24)29-2/h3-9,11-12H,10H2,1-2H3,(H2,19,27,28). The molecule has 0 aliphatic heterocycles. The molecular formula is C18H19N5O7S2. The number of sulfonamides is 1. The molecule has 0 atom stereocenters. The Labute approximate surface area is 184 Å². The molecule has 2 aromatic carbocycles. The molecule has 0 aliphatic rings. The van der Waals surface area contributed by atoms with Crippen molar-refractivity contribution in [2.24, 2.45) is 5.14 Å². The van der Waals surface area contributed by atoms with Crippen LogP contribution in [0.2, 0.25) is 0 Å². The Balaban J connectivity index is 1.97. The minimum atomic E-state index is -4.24. The Hall–Kier alpha value is -3.49. The molecule has 0 spiro atoms. The van der Waals surface area contributed by atoms with Crippen molar-refractivity contribution in [3.8, 4) is 5.75 Å². The van der Waals surface area contributed by atoms with Crippen molar-refractivity contribution < 1.29 is 30.6 Å². The zero-order valence-corrected chi connectivity index (χ0v) is 18.6. The Bertz CT molecular complexity index is 1320. The normalized spacial score (nSPS) is 11.7. The van der Waals surface area contributed by atoms with Gasteiger partial charge in [-0.25, -0.2) is 22.9 Å². The maximum absolute atomic E-state index is 13.1. The first-order valence-electron chi connectivity index (χ1n) is 8.85. The smallest absolute Gasteiger partial charge is 0.380 e. The topological polar surface area (TPSA) is 164 Å². The van der Waals surface area contributed by atoms with Gasteiger partial charge in [0.25, 0.3) is 10.0 Å². The third-order valence-corrected chi connectivity index (χ3v) is 6.49. The number of anilines is 1. The summed E-state index contributed by atoms with van der Waals surface area (Å²) in [6.07, 6.45) is 2.83. The molecule has 14 heteroatoms. The molecule has 0 unspecified atom stereocenters. The quantitative estimate of drug-likeness (QED) is 0.452. The first-order chi connectivity index (χ1) is 15.0. The van der Waals surface area contributed by atoms with Crippen LogP contribution in [-0.2, 0) is 31.6 Å². The second-order valence-electron chi connectivity index (χ2n) is 6.49. The molecule has 0 saturated heterocycles. The molecular weight excluding hydrogens is 462 g/mol. The van der Waals surface area contributed by atoms with Gasteiger partial charge in [0.2, 0.25) is 0 Å². The second-order valence-corrected chi connectivity index (χ2v) is 9.61. The SMILES string of the molecule is COC(=O)c1cc(Cn2cncn2)cc(N(C)S(=O)(=O)c2ccc(OS(N)(=O)=O)cc2)c1. The lowest BCUT2D eigenvalue weighted by Crippen LogP contribution is -2.27. The number of rotatable bonds is 8. The van der Waals surface area contributed by atoms with Gasteiger partial charge >= 0.3 is 16.3 Å². The van der Waals surface area contributed by atoms with E-state index in [0.717, 1.165) is 16.4 Å². The van der Waals surface area contributed by atoms with E-state index in [1.54, 1.807) is 12.1 Å². The Morgan fingerprint density at radius 3 is 2.38 bits per heavy atom. The predicted octanol–water partition coefficient (Wildman–Crippen LogP) is 0.520. The Morgan fingerprint density at radius 1 is 1.12 bits per heavy atom. The van der Waals surface area contributed by atoms with Crippen LogP contribution in [0, 0.1) is 0 Å². The lowest BCUT2D eigenvalue weighted by atomic mass is 10.1. The van der Waals surface area contributed by atoms with Crippen molar-refractivity contribution in [3.05, 3.63) is 66.2 Å². The van der Waals surface area contributed by atoms with Crippen molar-refractivity contribution in [3.63, 3.8) is 0 Å². The van der Waals surface area contributed by atoms with Gasteiger partial charge in [-0.15, -0.1) is 0 Å². The van der Waals surface area contributed by atoms with Crippen molar-refractivity contribution in [1.82, 2.24) is 14.8 Å². The van der Waals surface area contributed by atoms with Crippen LogP contribution in [0.5, 0.6) is 5.75 Å². The summed E-state index contributed by atoms with van der Waals surface area (Å²) in [5, 5.41) is 8.81. The highest BCUT2D eigenvalue weighted by atomic mass is 32.2. The lowest BCUT2D eigenvalue weighted by molar-refractivity contribution is 0.0600. The van der Waals surface area contributed by atoms with E-state index < -0.39 is 26.3 Å². The van der Waals surface area contributed by atoms with Crippen LogP contribution in [0.4, 0.5) is 5.69 Å². The maximum Gasteiger partial charge on any atom is 0.380 e. The number of benzene rings is 2. The van der Waals surface area contributed by atoms with Crippen LogP contribution in [0.3, 0.4) is 0 Å². The van der Waals surface area contributed by atoms with Crippen molar-refractivity contribution in [2.45, 2.75) is 11.4 Å². The van der Waals surface area contributed by atoms with E-state index in [1.807, 2.05) is 0 Å². The highest BCUT2D eigenvalue weighted by Gasteiger charge is 2.23. The summed E-state index contributed by atoms with van der Waals surface area (Å²) >= 11 is 0. The maximum atomic E-state index is 13.1. The van der Waals surface area contributed by atoms with Gasteiger partial charge in [0.1, 0.15) is 18.4 Å². The number of carbonyl (C=O) groups is 1. The van der Waals surface area contributed by atoms with Gasteiger partial charge in [0.15, 0.2) is 0 Å². The molecule has 12 nitrogen and oxygen atoms in total. The number of nitrogens with zero attached hydrogens (tertiary/aromatic N) is 4. The van der Waals surface area contributed by atoms with E-state index in [2.05, 4.69) is 14.3 Å². The van der Waals surface area contributed by atoms with E-state index >= 15 is 0 Å². The minimum Gasteiger partial charge on any atom is -0.465 e. The lowest BCUT2D eigenvalue weighted by Gasteiger charge is -2.21. The number of methoxy groups -OCH3 is 1. The summed E-state index contributed by atoms with van der Waals surface area (Å²) in [6, 6.07) is 9.20. The third-order valence-electron chi connectivity index (χ3n) is 4.27. The number of ether oxygens (including phenoxy) is 1. The van der Waals surface area contributed by atoms with Crippen LogP contribution in [0.25, 0.3) is 0 Å². The molecule has 0 saturated carbocycles. The summed E-state index contributed by atoms with van der Waals surface area (Å²) in [5.41, 5.74) is 0.944. The van der Waals surface area contributed by atoms with Crippen molar-refractivity contribution in [2.75, 3.05) is 18.5 Å². The molecule has 0 radical (unpaired) electrons. The van der Waals surface area contributed by atoms with Crippen molar-refractivity contribution >= 4 is 32.0 Å². The predicted molar refractivity (Wildman–Crippen MR) is 113 cm³/mol. The van der Waals surface area contributed by atoms with Crippen LogP contribution >= 0.6 is 0 Å². The summed E-state index contributed by atoms with van der Waals surface area (Å²) < 4.78 is 60.0. The second kappa shape index (κ2) is 8.94. The summed E-state index contributed by atoms with van der Waals surface area (Å²) in [4.78, 5) is 15.8. The molecule has 170 valence electrons. The number of aromatic nitrogens is 3. The van der Waals surface area contributed by atoms with Crippen molar-refractivity contribution in [1.29, 1.82) is 0 Å². The Morgan fingerprint density at radius 2 is 1.81 bits per heavy atom. The minimum absolute atomic E-state index is 0.136. The molecule has 1 aromatic heterocycles. The van der Waals surface area contributed by atoms with Gasteiger partial charge in [-0.1, -0.05) is 0 Å². The fourth-order valence-electron chi connectivity index (χ4n) is 2.78. The summed E-state index contributed by atoms with van der Waals surface area (Å²) in [7, 11) is -5.77. The fourth-order valence-corrected chi connectivity index (χ4v) is 4.34. The molecule has 2 N–H and O–H groups in total. The van der Waals surface area contributed by atoms with Crippen LogP contribution < -0.4 is 13.6 Å². The average molecular weight is 482 g/mol. The van der Waals surface area contributed by atoms with Gasteiger partial charge in [-0.3, -0.25) is 4.31 Å². The molecule has 3 aromatic rings. The number of carbonyl (C=O) groups excluding carboxylic acids is 1. The van der Waals surface area contributed by atoms with E-state index in [-0.39, 0.29) is 28.4 Å². The zero-order chi connectivity index (χ0) is 23.5. The van der Waals surface area contributed by atoms with Gasteiger partial charge in [-0.05, 0) is 48.0 Å². The van der Waals surface area contributed by atoms with Crippen LogP contribution in [-0.4, -0.2) is 51.7 Å². The molecule has 3 rings (SSSR count). The number of hydrogen-bond acceptors (Lipinski definition) is 9. The average Bonchev–Trinajstić information content (AvgIpc) is 3.24. The first-order valence-corrected chi connectivity index (χ1v) is 11.8. The van der Waals surface area contributed by atoms with E-state index in [9.17, 15) is 21.6 Å². The molecule has 0 amide bonds. The monoisotopic (exact) mass is 481 g/mol. The van der Waals surface area contributed by atoms with Gasteiger partial charge in [0, 0.05) is 7.05 Å². The highest BCUT2D eigenvalue weighted by Crippen LogP contribution is 2.26. The molecule has 1 heterocycles. The molecule has 0 aliphatic carbocycles. The molecule has 0 bridgehead atoms. The summed E-state index contributed by atoms with van der Waals surface area (Å²) in [5.74, 6) is -0.779. The van der Waals surface area contributed by atoms with Crippen LogP contribution in [0.15, 0.2) is 60.0 Å². The van der Waals surface area contributed by atoms with E-state index in [4.69, 9.17) is 9.88 Å². The van der Waals surface area contributed by atoms with Gasteiger partial charge < -0.3 is 8.92 Å². The number of nitrogens with two attached hydrogens (primary N) is 1. The third kappa shape index (κ3) is 5.40. The summed E-state index contributed by atoms with van der Waals surface area (Å²) in [6.45, 7) is 0.241. The van der Waals surface area contributed by atoms with Gasteiger partial charge in [-0.2, -0.15) is 18.7 Å². The first kappa shape index (κ1) is 23.2. The molecule has 32 heavy (non-hydrogen) atoms. The zero-order valence-electron chi connectivity index (χ0n) is 16.9. The van der Waals surface area contributed by atoms with E-state index in [0.29, 0.717) is 5.56 Å². The fraction of sp³-hybridized carbons (Fsp3) is 0.167.